The molecule has 248 valence electrons. The fourth-order valence-corrected chi connectivity index (χ4v) is 8.63. The molecule has 0 bridgehead atoms. The van der Waals surface area contributed by atoms with Crippen molar-refractivity contribution in [1.29, 1.82) is 0 Å². The fourth-order valence-electron chi connectivity index (χ4n) is 8.63. The number of rotatable bonds is 6. The van der Waals surface area contributed by atoms with Crippen LogP contribution in [0.3, 0.4) is 0 Å². The molecule has 4 N–H and O–H groups in total. The van der Waals surface area contributed by atoms with E-state index in [1.54, 1.807) is 0 Å². The second-order valence-corrected chi connectivity index (χ2v) is 17.0. The predicted octanol–water partition coefficient (Wildman–Crippen LogP) is 6.26. The lowest BCUT2D eigenvalue weighted by Crippen LogP contribution is -2.67. The van der Waals surface area contributed by atoms with E-state index in [2.05, 4.69) is 25.2 Å². The van der Waals surface area contributed by atoms with Gasteiger partial charge >= 0.3 is 0 Å². The molecule has 0 spiro atoms. The highest BCUT2D eigenvalue weighted by Gasteiger charge is 2.52. The van der Waals surface area contributed by atoms with Crippen molar-refractivity contribution in [3.63, 3.8) is 0 Å². The molecule has 3 saturated heterocycles. The van der Waals surface area contributed by atoms with Crippen molar-refractivity contribution in [2.75, 3.05) is 10.2 Å². The van der Waals surface area contributed by atoms with Crippen molar-refractivity contribution < 1.29 is 15.6 Å². The Morgan fingerprint density at radius 2 is 1.02 bits per heavy atom. The molecule has 0 aromatic carbocycles. The number of azide groups is 1. The van der Waals surface area contributed by atoms with E-state index < -0.39 is 33.2 Å². The van der Waals surface area contributed by atoms with Gasteiger partial charge < -0.3 is 25.8 Å². The van der Waals surface area contributed by atoms with E-state index in [0.717, 1.165) is 0 Å². The van der Waals surface area contributed by atoms with Crippen molar-refractivity contribution in [3.8, 4) is 0 Å². The number of aromatic nitrogens is 3. The maximum absolute atomic E-state index is 11.1. The minimum absolute atomic E-state index is 0.0284. The molecule has 3 fully saturated rings. The Balaban J connectivity index is 1.83. The fraction of sp³-hybridized carbons (Fsp3) is 0.900. The van der Waals surface area contributed by atoms with Gasteiger partial charge in [-0.2, -0.15) is 30.1 Å². The second kappa shape index (κ2) is 11.2. The number of anilines is 2. The number of nitrogens with zero attached hydrogens (tertiary/aromatic N) is 10. The first-order valence-electron chi connectivity index (χ1n) is 15.8. The third kappa shape index (κ3) is 6.62. The molecular weight excluding hydrogens is 562 g/mol. The lowest BCUT2D eigenvalue weighted by atomic mass is 9.75. The van der Waals surface area contributed by atoms with Gasteiger partial charge in [-0.05, 0) is 132 Å². The van der Waals surface area contributed by atoms with Crippen LogP contribution in [0.25, 0.3) is 10.4 Å². The van der Waals surface area contributed by atoms with E-state index in [0.29, 0.717) is 50.4 Å². The summed E-state index contributed by atoms with van der Waals surface area (Å²) in [5.41, 5.74) is 6.26. The third-order valence-electron chi connectivity index (χ3n) is 9.97. The molecule has 0 aliphatic carbocycles. The van der Waals surface area contributed by atoms with Crippen LogP contribution < -0.4 is 10.2 Å². The monoisotopic (exact) mass is 617 g/mol. The summed E-state index contributed by atoms with van der Waals surface area (Å²) < 4.78 is 0. The topological polar surface area (TPSA) is 173 Å². The smallest absolute Gasteiger partial charge is 0.231 e. The summed E-state index contributed by atoms with van der Waals surface area (Å²) in [6.45, 7) is 24.3. The second-order valence-electron chi connectivity index (χ2n) is 17.0. The van der Waals surface area contributed by atoms with Crippen LogP contribution in [0.2, 0.25) is 0 Å². The van der Waals surface area contributed by atoms with Gasteiger partial charge in [0.2, 0.25) is 17.8 Å². The van der Waals surface area contributed by atoms with E-state index in [4.69, 9.17) is 9.97 Å². The average Bonchev–Trinajstić information content (AvgIpc) is 2.83. The molecule has 14 heteroatoms. The number of piperidine rings is 3. The van der Waals surface area contributed by atoms with Crippen molar-refractivity contribution in [1.82, 2.24) is 30.1 Å². The Morgan fingerprint density at radius 1 is 0.659 bits per heavy atom. The zero-order chi connectivity index (χ0) is 33.3. The van der Waals surface area contributed by atoms with Gasteiger partial charge in [-0.15, -0.1) is 0 Å². The van der Waals surface area contributed by atoms with Crippen LogP contribution in [0.4, 0.5) is 17.8 Å². The highest BCUT2D eigenvalue weighted by atomic mass is 16.5. The molecule has 0 atom stereocenters. The molecule has 3 aliphatic rings. The number of hydroxylamine groups is 6. The van der Waals surface area contributed by atoms with Gasteiger partial charge in [0, 0.05) is 56.3 Å². The van der Waals surface area contributed by atoms with Crippen molar-refractivity contribution in [3.05, 3.63) is 10.4 Å². The standard InChI is InChI=1S/C30H55N11O3/c1-25(2)13-19(14-26(3,4)39(25)42)32-22-33-23(36-37-31)35-24(34-22)38(20-15-27(5,6)40(43)28(7,8)16-20)21-17-29(9,10)41(44)30(11,12)18-21/h19-21,42-44H,13-18H2,1-12H3,(H,32,33,34,35). The molecule has 0 saturated carbocycles. The van der Waals surface area contributed by atoms with Crippen LogP contribution in [0.15, 0.2) is 5.11 Å². The van der Waals surface area contributed by atoms with Crippen molar-refractivity contribution in [2.24, 2.45) is 5.11 Å². The van der Waals surface area contributed by atoms with Gasteiger partial charge in [0.25, 0.3) is 0 Å². The lowest BCUT2D eigenvalue weighted by molar-refractivity contribution is -0.251. The molecule has 4 heterocycles. The number of nitrogens with one attached hydrogen (secondary N) is 1. The number of hydrogen-bond acceptors (Lipinski definition) is 12. The number of hydrogen-bond donors (Lipinski definition) is 4. The molecule has 44 heavy (non-hydrogen) atoms. The predicted molar refractivity (Wildman–Crippen MR) is 169 cm³/mol. The van der Waals surface area contributed by atoms with Gasteiger partial charge in [-0.3, -0.25) is 0 Å². The van der Waals surface area contributed by atoms with Gasteiger partial charge in [-0.1, -0.05) is 0 Å². The Morgan fingerprint density at radius 3 is 1.39 bits per heavy atom. The van der Waals surface area contributed by atoms with E-state index in [-0.39, 0.29) is 24.1 Å². The lowest BCUT2D eigenvalue weighted by Gasteiger charge is -2.58. The van der Waals surface area contributed by atoms with E-state index in [1.807, 2.05) is 83.1 Å². The molecule has 0 radical (unpaired) electrons. The van der Waals surface area contributed by atoms with E-state index >= 15 is 0 Å². The average molecular weight is 618 g/mol. The van der Waals surface area contributed by atoms with E-state index in [9.17, 15) is 21.2 Å². The minimum Gasteiger partial charge on any atom is -0.351 e. The first kappa shape index (κ1) is 34.6. The Labute approximate surface area is 262 Å². The molecule has 0 unspecified atom stereocenters. The quantitative estimate of drug-likeness (QED) is 0.161. The van der Waals surface area contributed by atoms with Gasteiger partial charge in [0.05, 0.1) is 0 Å². The van der Waals surface area contributed by atoms with Crippen LogP contribution >= 0.6 is 0 Å². The highest BCUT2D eigenvalue weighted by Crippen LogP contribution is 2.45. The zero-order valence-corrected chi connectivity index (χ0v) is 28.8. The summed E-state index contributed by atoms with van der Waals surface area (Å²) in [6.07, 6.45) is 3.82. The summed E-state index contributed by atoms with van der Waals surface area (Å²) in [5, 5.41) is 44.8. The maximum atomic E-state index is 11.1. The van der Waals surface area contributed by atoms with Crippen LogP contribution in [0.5, 0.6) is 0 Å². The minimum atomic E-state index is -0.537. The Bertz CT molecular complexity index is 1180. The van der Waals surface area contributed by atoms with E-state index in [1.165, 1.54) is 15.2 Å². The van der Waals surface area contributed by atoms with Gasteiger partial charge in [0.1, 0.15) is 0 Å². The molecule has 1 aromatic heterocycles. The highest BCUT2D eigenvalue weighted by molar-refractivity contribution is 5.45. The van der Waals surface area contributed by atoms with Gasteiger partial charge in [-0.25, -0.2) is 0 Å². The third-order valence-corrected chi connectivity index (χ3v) is 9.97. The van der Waals surface area contributed by atoms with Crippen LogP contribution in [-0.2, 0) is 0 Å². The summed E-state index contributed by atoms with van der Waals surface area (Å²) in [4.78, 5) is 19.4. The largest absolute Gasteiger partial charge is 0.351 e. The molecule has 0 amide bonds. The first-order valence-corrected chi connectivity index (χ1v) is 15.8. The van der Waals surface area contributed by atoms with Crippen LogP contribution in [0.1, 0.15) is 122 Å². The Kier molecular flexibility index (Phi) is 8.78. The molecular formula is C30H55N11O3. The zero-order valence-electron chi connectivity index (χ0n) is 28.8. The summed E-state index contributed by atoms with van der Waals surface area (Å²) >= 11 is 0. The molecule has 3 aliphatic heterocycles. The van der Waals surface area contributed by atoms with Crippen LogP contribution in [-0.4, -0.2) is 97.1 Å². The Hall–Kier alpha value is -2.32. The SMILES string of the molecule is CC1(C)CC(Nc2nc(N=[N+]=[N-])nc(N(C3CC(C)(C)N(O)C(C)(C)C3)C3CC(C)(C)N(O)C(C)(C)C3)n2)CC(C)(C)N1O. The summed E-state index contributed by atoms with van der Waals surface area (Å²) in [6, 6.07) is -0.207. The molecule has 1 aromatic rings. The summed E-state index contributed by atoms with van der Waals surface area (Å²) in [7, 11) is 0. The molecule has 14 nitrogen and oxygen atoms in total. The normalized spacial score (nSPS) is 27.4. The summed E-state index contributed by atoms with van der Waals surface area (Å²) in [5.74, 6) is 0.676. The van der Waals surface area contributed by atoms with Gasteiger partial charge in [0.15, 0.2) is 0 Å². The van der Waals surface area contributed by atoms with Crippen molar-refractivity contribution in [2.45, 2.75) is 173 Å². The maximum Gasteiger partial charge on any atom is 0.231 e. The molecule has 4 rings (SSSR count). The van der Waals surface area contributed by atoms with Crippen molar-refractivity contribution >= 4 is 17.8 Å². The van der Waals surface area contributed by atoms with Crippen LogP contribution in [0, 0.1) is 0 Å². The first-order chi connectivity index (χ1) is 19.9.